The smallest absolute Gasteiger partial charge is 1.00 e. The van der Waals surface area contributed by atoms with E-state index >= 15 is 0 Å². The van der Waals surface area contributed by atoms with Crippen molar-refractivity contribution in [3.8, 4) is 0 Å². The molecule has 0 saturated heterocycles. The van der Waals surface area contributed by atoms with Crippen molar-refractivity contribution in [2.24, 2.45) is 0 Å². The quantitative estimate of drug-likeness (QED) is 0.254. The SMILES string of the molecule is O=S(=O)(O)C=CS.[H-].[Na+]. The molecule has 0 aromatic carbocycles. The zero-order valence-corrected chi connectivity index (χ0v) is 7.98. The van der Waals surface area contributed by atoms with Gasteiger partial charge in [-0.3, -0.25) is 4.55 Å². The molecule has 0 radical (unpaired) electrons. The van der Waals surface area contributed by atoms with Gasteiger partial charge in [-0.25, -0.2) is 0 Å². The van der Waals surface area contributed by atoms with Crippen LogP contribution in [0.1, 0.15) is 1.43 Å². The van der Waals surface area contributed by atoms with Crippen molar-refractivity contribution < 1.29 is 44.0 Å². The normalized spacial score (nSPS) is 11.2. The monoisotopic (exact) mass is 164 g/mol. The van der Waals surface area contributed by atoms with E-state index in [1.165, 1.54) is 0 Å². The molecule has 0 aliphatic carbocycles. The van der Waals surface area contributed by atoms with E-state index in [4.69, 9.17) is 4.55 Å². The second-order valence-corrected chi connectivity index (χ2v) is 2.40. The van der Waals surface area contributed by atoms with Crippen LogP contribution in [0.4, 0.5) is 0 Å². The molecule has 0 heterocycles. The Morgan fingerprint density at radius 1 is 1.62 bits per heavy atom. The van der Waals surface area contributed by atoms with E-state index in [1.54, 1.807) is 0 Å². The van der Waals surface area contributed by atoms with E-state index in [0.717, 1.165) is 5.41 Å². The fraction of sp³-hybridized carbons (Fsp3) is 0. The average Bonchev–Trinajstić information content (AvgIpc) is 1.30. The first kappa shape index (κ1) is 11.8. The third-order valence-corrected chi connectivity index (χ3v) is 1.06. The van der Waals surface area contributed by atoms with Crippen LogP contribution in [0.2, 0.25) is 0 Å². The maximum Gasteiger partial charge on any atom is 1.00 e. The van der Waals surface area contributed by atoms with Gasteiger partial charge in [0.2, 0.25) is 0 Å². The zero-order chi connectivity index (χ0) is 5.91. The second-order valence-electron chi connectivity index (χ2n) is 0.800. The fourth-order valence-electron chi connectivity index (χ4n) is 0.0769. The molecular formula is C2H5NaO3S2. The molecule has 0 aliphatic rings. The summed E-state index contributed by atoms with van der Waals surface area (Å²) in [6, 6.07) is 0. The van der Waals surface area contributed by atoms with E-state index < -0.39 is 10.1 Å². The molecule has 0 aromatic heterocycles. The maximum atomic E-state index is 9.65. The Kier molecular flexibility index (Phi) is 7.11. The van der Waals surface area contributed by atoms with Gasteiger partial charge in [-0.2, -0.15) is 21.0 Å². The van der Waals surface area contributed by atoms with Crippen LogP contribution in [0.3, 0.4) is 0 Å². The molecule has 0 amide bonds. The molecule has 44 valence electrons. The van der Waals surface area contributed by atoms with Gasteiger partial charge in [0.15, 0.2) is 0 Å². The first-order valence-electron chi connectivity index (χ1n) is 1.34. The van der Waals surface area contributed by atoms with Crippen LogP contribution in [-0.2, 0) is 10.1 Å². The molecule has 0 spiro atoms. The average molecular weight is 164 g/mol. The summed E-state index contributed by atoms with van der Waals surface area (Å²) < 4.78 is 27.2. The molecule has 0 bridgehead atoms. The molecule has 0 aromatic rings. The first-order chi connectivity index (χ1) is 3.06. The minimum absolute atomic E-state index is 0. The standard InChI is InChI=1S/C2H4O3S2.Na.H/c3-7(4,5)2-1-6;;/h1-2,6H,(H,3,4,5);;/q;+1;-1. The summed E-state index contributed by atoms with van der Waals surface area (Å²) >= 11 is 3.39. The topological polar surface area (TPSA) is 54.4 Å². The Labute approximate surface area is 77.1 Å². The van der Waals surface area contributed by atoms with E-state index in [1.807, 2.05) is 0 Å². The number of thiol groups is 1. The molecule has 1 N–H and O–H groups in total. The van der Waals surface area contributed by atoms with Crippen LogP contribution >= 0.6 is 12.6 Å². The van der Waals surface area contributed by atoms with Gasteiger partial charge in [-0.15, -0.1) is 0 Å². The van der Waals surface area contributed by atoms with Crippen LogP contribution in [0.25, 0.3) is 0 Å². The summed E-state index contributed by atoms with van der Waals surface area (Å²) in [5.74, 6) is 0. The van der Waals surface area contributed by atoms with Gasteiger partial charge >= 0.3 is 29.6 Å². The molecule has 3 nitrogen and oxygen atoms in total. The van der Waals surface area contributed by atoms with Crippen LogP contribution in [0, 0.1) is 0 Å². The van der Waals surface area contributed by atoms with Gasteiger partial charge in [0.1, 0.15) is 0 Å². The molecule has 0 saturated carbocycles. The van der Waals surface area contributed by atoms with Crippen molar-refractivity contribution in [1.29, 1.82) is 0 Å². The Morgan fingerprint density at radius 2 is 2.00 bits per heavy atom. The van der Waals surface area contributed by atoms with Gasteiger partial charge < -0.3 is 1.43 Å². The molecule has 6 heteroatoms. The van der Waals surface area contributed by atoms with Gasteiger partial charge in [0.25, 0.3) is 10.1 Å². The van der Waals surface area contributed by atoms with Crippen LogP contribution in [-0.4, -0.2) is 13.0 Å². The van der Waals surface area contributed by atoms with Gasteiger partial charge in [0, 0.05) is 0 Å². The molecule has 0 atom stereocenters. The molecule has 0 aliphatic heterocycles. The number of rotatable bonds is 1. The van der Waals surface area contributed by atoms with Crippen molar-refractivity contribution >= 4 is 22.7 Å². The Bertz CT molecular complexity index is 163. The molecule has 0 unspecified atom stereocenters. The van der Waals surface area contributed by atoms with Crippen LogP contribution in [0.5, 0.6) is 0 Å². The van der Waals surface area contributed by atoms with E-state index in [0.29, 0.717) is 5.41 Å². The van der Waals surface area contributed by atoms with Crippen molar-refractivity contribution in [1.82, 2.24) is 0 Å². The largest absolute Gasteiger partial charge is 1.00 e. The Morgan fingerprint density at radius 3 is 2.00 bits per heavy atom. The van der Waals surface area contributed by atoms with Crippen LogP contribution in [0.15, 0.2) is 10.8 Å². The van der Waals surface area contributed by atoms with Crippen molar-refractivity contribution in [2.45, 2.75) is 0 Å². The summed E-state index contributed by atoms with van der Waals surface area (Å²) in [5.41, 5.74) is 0. The molecule has 0 rings (SSSR count). The van der Waals surface area contributed by atoms with Gasteiger partial charge in [0.05, 0.1) is 5.41 Å². The van der Waals surface area contributed by atoms with E-state index in [-0.39, 0.29) is 31.0 Å². The summed E-state index contributed by atoms with van der Waals surface area (Å²) in [6.45, 7) is 0. The van der Waals surface area contributed by atoms with Crippen molar-refractivity contribution in [2.75, 3.05) is 0 Å². The summed E-state index contributed by atoms with van der Waals surface area (Å²) in [5, 5.41) is 1.52. The Hall–Kier alpha value is 1.000. The predicted octanol–water partition coefficient (Wildman–Crippen LogP) is -2.61. The van der Waals surface area contributed by atoms with Crippen molar-refractivity contribution in [3.63, 3.8) is 0 Å². The maximum absolute atomic E-state index is 9.65. The second kappa shape index (κ2) is 4.84. The number of hydrogen-bond acceptors (Lipinski definition) is 3. The third kappa shape index (κ3) is 10.1. The molecular weight excluding hydrogens is 159 g/mol. The van der Waals surface area contributed by atoms with Crippen LogP contribution < -0.4 is 29.6 Å². The number of hydrogen-bond donors (Lipinski definition) is 2. The Balaban J connectivity index is -0.000000180. The third-order valence-electron chi connectivity index (χ3n) is 0.233. The van der Waals surface area contributed by atoms with E-state index in [9.17, 15) is 8.42 Å². The summed E-state index contributed by atoms with van der Waals surface area (Å²) in [6.07, 6.45) is 0. The fourth-order valence-corrected chi connectivity index (χ4v) is 0.692. The predicted molar refractivity (Wildman–Crippen MR) is 30.8 cm³/mol. The molecule has 0 fully saturated rings. The minimum atomic E-state index is -3.93. The van der Waals surface area contributed by atoms with Gasteiger partial charge in [-0.05, 0) is 5.41 Å². The molecule has 8 heavy (non-hydrogen) atoms. The summed E-state index contributed by atoms with van der Waals surface area (Å²) in [7, 11) is -3.93. The zero-order valence-electron chi connectivity index (χ0n) is 5.27. The first-order valence-corrected chi connectivity index (χ1v) is 3.36. The minimum Gasteiger partial charge on any atom is -1.00 e. The van der Waals surface area contributed by atoms with Gasteiger partial charge in [-0.1, -0.05) is 0 Å². The van der Waals surface area contributed by atoms with E-state index in [2.05, 4.69) is 12.6 Å². The summed E-state index contributed by atoms with van der Waals surface area (Å²) in [4.78, 5) is 0. The van der Waals surface area contributed by atoms with Crippen molar-refractivity contribution in [3.05, 3.63) is 10.8 Å².